The van der Waals surface area contributed by atoms with Crippen LogP contribution in [-0.4, -0.2) is 37.2 Å². The molecule has 0 aliphatic heterocycles. The van der Waals surface area contributed by atoms with E-state index in [1.807, 2.05) is 0 Å². The molecule has 0 heterocycles. The molecule has 0 radical (unpaired) electrons. The molecule has 0 bridgehead atoms. The summed E-state index contributed by atoms with van der Waals surface area (Å²) in [5, 5.41) is 13.4. The second-order valence-corrected chi connectivity index (χ2v) is 6.37. The maximum absolute atomic E-state index is 12.4. The van der Waals surface area contributed by atoms with Gasteiger partial charge in [-0.3, -0.25) is 9.59 Å². The number of nitrogens with two attached hydrogens (primary N) is 1. The Balaban J connectivity index is 2.08. The number of rotatable bonds is 8. The number of aliphatic hydroxyl groups is 1. The Morgan fingerprint density at radius 1 is 1.22 bits per heavy atom. The predicted molar refractivity (Wildman–Crippen MR) is 101 cm³/mol. The molecule has 0 aliphatic rings. The lowest BCUT2D eigenvalue weighted by atomic mass is 10.1. The fourth-order valence-electron chi connectivity index (χ4n) is 2.23. The molecule has 7 nitrogen and oxygen atoms in total. The number of primary amides is 1. The summed E-state index contributed by atoms with van der Waals surface area (Å²) in [5.41, 5.74) is 5.86. The van der Waals surface area contributed by atoms with Crippen LogP contribution in [0.1, 0.15) is 22.0 Å². The third kappa shape index (κ3) is 5.75. The van der Waals surface area contributed by atoms with Crippen LogP contribution in [0.4, 0.5) is 0 Å². The van der Waals surface area contributed by atoms with Gasteiger partial charge < -0.3 is 25.6 Å². The number of amides is 2. The van der Waals surface area contributed by atoms with Crippen molar-refractivity contribution in [1.29, 1.82) is 0 Å². The van der Waals surface area contributed by atoms with Crippen molar-refractivity contribution in [2.24, 2.45) is 5.73 Å². The molecule has 2 amide bonds. The molecular weight excluding hydrogens is 395 g/mol. The first-order valence-electron chi connectivity index (χ1n) is 7.82. The number of aliphatic hydroxyl groups excluding tert-OH is 1. The first-order chi connectivity index (χ1) is 12.8. The van der Waals surface area contributed by atoms with Crippen LogP contribution in [0.15, 0.2) is 36.4 Å². The Bertz CT molecular complexity index is 827. The van der Waals surface area contributed by atoms with Crippen LogP contribution in [0.3, 0.4) is 0 Å². The van der Waals surface area contributed by atoms with E-state index >= 15 is 0 Å². The molecule has 0 spiro atoms. The molecule has 0 aliphatic carbocycles. The van der Waals surface area contributed by atoms with Gasteiger partial charge in [-0.05, 0) is 29.8 Å². The molecule has 0 aromatic heterocycles. The van der Waals surface area contributed by atoms with Gasteiger partial charge in [0.15, 0.2) is 18.1 Å². The monoisotopic (exact) mass is 412 g/mol. The average molecular weight is 413 g/mol. The van der Waals surface area contributed by atoms with Gasteiger partial charge in [0.05, 0.1) is 18.2 Å². The highest BCUT2D eigenvalue weighted by molar-refractivity contribution is 6.32. The van der Waals surface area contributed by atoms with E-state index in [-0.39, 0.29) is 35.2 Å². The minimum Gasteiger partial charge on any atom is -0.493 e. The van der Waals surface area contributed by atoms with E-state index in [1.165, 1.54) is 19.2 Å². The second kappa shape index (κ2) is 9.45. The topological polar surface area (TPSA) is 111 Å². The zero-order chi connectivity index (χ0) is 20.0. The minimum absolute atomic E-state index is 0.0136. The first-order valence-corrected chi connectivity index (χ1v) is 8.57. The number of ether oxygens (including phenoxy) is 2. The predicted octanol–water partition coefficient (Wildman–Crippen LogP) is 2.33. The highest BCUT2D eigenvalue weighted by Gasteiger charge is 2.17. The third-order valence-corrected chi connectivity index (χ3v) is 4.09. The lowest BCUT2D eigenvalue weighted by Crippen LogP contribution is -2.28. The second-order valence-electron chi connectivity index (χ2n) is 5.52. The lowest BCUT2D eigenvalue weighted by molar-refractivity contribution is -0.119. The van der Waals surface area contributed by atoms with E-state index in [2.05, 4.69) is 5.32 Å². The van der Waals surface area contributed by atoms with E-state index in [0.29, 0.717) is 10.6 Å². The van der Waals surface area contributed by atoms with Gasteiger partial charge in [0.25, 0.3) is 11.8 Å². The summed E-state index contributed by atoms with van der Waals surface area (Å²) in [6.45, 7) is -0.394. The maximum atomic E-state index is 12.4. The van der Waals surface area contributed by atoms with Crippen LogP contribution in [0.5, 0.6) is 11.5 Å². The number of halogens is 2. The number of carbonyl (C=O) groups is 2. The number of hydrogen-bond donors (Lipinski definition) is 3. The molecule has 1 atom stereocenters. The van der Waals surface area contributed by atoms with E-state index in [9.17, 15) is 14.7 Å². The van der Waals surface area contributed by atoms with Gasteiger partial charge >= 0.3 is 0 Å². The summed E-state index contributed by atoms with van der Waals surface area (Å²) in [7, 11) is 1.37. The van der Waals surface area contributed by atoms with Gasteiger partial charge in [-0.15, -0.1) is 0 Å². The number of carbonyl (C=O) groups excluding carboxylic acids is 2. The summed E-state index contributed by atoms with van der Waals surface area (Å²) < 4.78 is 10.4. The summed E-state index contributed by atoms with van der Waals surface area (Å²) >= 11 is 11.9. The zero-order valence-electron chi connectivity index (χ0n) is 14.4. The number of hydrogen-bond acceptors (Lipinski definition) is 5. The van der Waals surface area contributed by atoms with Gasteiger partial charge in [0.1, 0.15) is 0 Å². The molecule has 2 rings (SSSR count). The SMILES string of the molecule is COc1cc(C(=O)NC[C@@H](O)c2ccc(Cl)cc2)cc(Cl)c1OCC(N)=O. The van der Waals surface area contributed by atoms with Crippen molar-refractivity contribution in [3.8, 4) is 11.5 Å². The van der Waals surface area contributed by atoms with E-state index in [0.717, 1.165) is 0 Å². The first kappa shape index (κ1) is 20.8. The van der Waals surface area contributed by atoms with Crippen LogP contribution >= 0.6 is 23.2 Å². The molecule has 4 N–H and O–H groups in total. The molecule has 9 heteroatoms. The molecule has 2 aromatic rings. The molecule has 0 saturated heterocycles. The van der Waals surface area contributed by atoms with Gasteiger partial charge in [-0.25, -0.2) is 0 Å². The lowest BCUT2D eigenvalue weighted by Gasteiger charge is -2.15. The van der Waals surface area contributed by atoms with Crippen LogP contribution < -0.4 is 20.5 Å². The largest absolute Gasteiger partial charge is 0.493 e. The number of nitrogens with one attached hydrogen (secondary N) is 1. The van der Waals surface area contributed by atoms with E-state index in [1.54, 1.807) is 24.3 Å². The van der Waals surface area contributed by atoms with E-state index < -0.39 is 17.9 Å². The van der Waals surface area contributed by atoms with Crippen molar-refractivity contribution in [2.45, 2.75) is 6.10 Å². The summed E-state index contributed by atoms with van der Waals surface area (Å²) in [6, 6.07) is 9.42. The fourth-order valence-corrected chi connectivity index (χ4v) is 2.62. The smallest absolute Gasteiger partial charge is 0.255 e. The summed E-state index contributed by atoms with van der Waals surface area (Å²) in [6.07, 6.45) is -0.901. The fraction of sp³-hybridized carbons (Fsp3) is 0.222. The van der Waals surface area contributed by atoms with E-state index in [4.69, 9.17) is 38.4 Å². The maximum Gasteiger partial charge on any atom is 0.255 e. The molecular formula is C18H18Cl2N2O5. The molecule has 27 heavy (non-hydrogen) atoms. The van der Waals surface area contributed by atoms with Crippen molar-refractivity contribution < 1.29 is 24.2 Å². The standard InChI is InChI=1S/C18H18Cl2N2O5/c1-26-15-7-11(6-13(20)17(15)27-9-16(21)24)18(25)22-8-14(23)10-2-4-12(19)5-3-10/h2-7,14,23H,8-9H2,1H3,(H2,21,24)(H,22,25)/t14-/m1/s1. The molecule has 144 valence electrons. The Hall–Kier alpha value is -2.48. The highest BCUT2D eigenvalue weighted by atomic mass is 35.5. The van der Waals surface area contributed by atoms with Crippen LogP contribution in [0, 0.1) is 0 Å². The van der Waals surface area contributed by atoms with Gasteiger partial charge in [-0.2, -0.15) is 0 Å². The van der Waals surface area contributed by atoms with Crippen molar-refractivity contribution in [3.63, 3.8) is 0 Å². The molecule has 0 unspecified atom stereocenters. The minimum atomic E-state index is -0.901. The van der Waals surface area contributed by atoms with Crippen molar-refractivity contribution >= 4 is 35.0 Å². The van der Waals surface area contributed by atoms with Crippen LogP contribution in [0.25, 0.3) is 0 Å². The summed E-state index contributed by atoms with van der Waals surface area (Å²) in [5.74, 6) is -0.862. The molecule has 2 aromatic carbocycles. The third-order valence-electron chi connectivity index (χ3n) is 3.56. The van der Waals surface area contributed by atoms with Crippen molar-refractivity contribution in [1.82, 2.24) is 5.32 Å². The summed E-state index contributed by atoms with van der Waals surface area (Å²) in [4.78, 5) is 23.2. The quantitative estimate of drug-likeness (QED) is 0.615. The van der Waals surface area contributed by atoms with Gasteiger partial charge in [-0.1, -0.05) is 35.3 Å². The van der Waals surface area contributed by atoms with Crippen LogP contribution in [0.2, 0.25) is 10.0 Å². The van der Waals surface area contributed by atoms with Crippen molar-refractivity contribution in [2.75, 3.05) is 20.3 Å². The zero-order valence-corrected chi connectivity index (χ0v) is 15.9. The van der Waals surface area contributed by atoms with Gasteiger partial charge in [0, 0.05) is 17.1 Å². The van der Waals surface area contributed by atoms with Crippen LogP contribution in [-0.2, 0) is 4.79 Å². The number of benzene rings is 2. The average Bonchev–Trinajstić information content (AvgIpc) is 2.64. The number of methoxy groups -OCH3 is 1. The molecule has 0 saturated carbocycles. The normalized spacial score (nSPS) is 11.6. The Kier molecular flexibility index (Phi) is 7.29. The Morgan fingerprint density at radius 2 is 1.89 bits per heavy atom. The molecule has 0 fully saturated rings. The highest BCUT2D eigenvalue weighted by Crippen LogP contribution is 2.36. The van der Waals surface area contributed by atoms with Crippen molar-refractivity contribution in [3.05, 3.63) is 57.6 Å². The Morgan fingerprint density at radius 3 is 2.48 bits per heavy atom. The van der Waals surface area contributed by atoms with Gasteiger partial charge in [0.2, 0.25) is 0 Å². The Labute approximate surface area is 166 Å².